The van der Waals surface area contributed by atoms with Gasteiger partial charge in [0.1, 0.15) is 11.8 Å². The third kappa shape index (κ3) is 3.09. The second-order valence-corrected chi connectivity index (χ2v) is 5.53. The molecule has 0 bridgehead atoms. The van der Waals surface area contributed by atoms with Gasteiger partial charge < -0.3 is 14.5 Å². The van der Waals surface area contributed by atoms with Gasteiger partial charge in [-0.05, 0) is 19.1 Å². The number of benzene rings is 1. The summed E-state index contributed by atoms with van der Waals surface area (Å²) in [4.78, 5) is 16.6. The van der Waals surface area contributed by atoms with Crippen molar-refractivity contribution in [3.63, 3.8) is 0 Å². The van der Waals surface area contributed by atoms with E-state index in [9.17, 15) is 4.79 Å². The summed E-state index contributed by atoms with van der Waals surface area (Å²) in [5.41, 5.74) is 1.12. The second kappa shape index (κ2) is 6.83. The van der Waals surface area contributed by atoms with E-state index in [4.69, 9.17) is 4.74 Å². The lowest BCUT2D eigenvalue weighted by Crippen LogP contribution is -2.53. The van der Waals surface area contributed by atoms with Gasteiger partial charge in [0.2, 0.25) is 5.91 Å². The maximum Gasteiger partial charge on any atom is 0.243 e. The number of nitrogens with zero attached hydrogens (tertiary/aromatic N) is 2. The van der Waals surface area contributed by atoms with Crippen molar-refractivity contribution in [3.05, 3.63) is 36.4 Å². The van der Waals surface area contributed by atoms with Gasteiger partial charge in [-0.2, -0.15) is 0 Å². The van der Waals surface area contributed by atoms with Gasteiger partial charge in [0.15, 0.2) is 0 Å². The van der Waals surface area contributed by atoms with E-state index in [1.165, 1.54) is 0 Å². The molecule has 1 aromatic carbocycles. The zero-order valence-corrected chi connectivity index (χ0v) is 13.0. The van der Waals surface area contributed by atoms with Crippen LogP contribution in [0.5, 0.6) is 5.75 Å². The van der Waals surface area contributed by atoms with E-state index in [1.807, 2.05) is 42.2 Å². The SMILES string of the molecule is CCOc1ccccc1N1CCN(C(=O)[C@H]2C=CCN2)CC1. The summed E-state index contributed by atoms with van der Waals surface area (Å²) in [6.07, 6.45) is 3.97. The summed E-state index contributed by atoms with van der Waals surface area (Å²) in [6.45, 7) is 6.64. The molecule has 2 aliphatic rings. The molecule has 5 nitrogen and oxygen atoms in total. The Hall–Kier alpha value is -2.01. The Balaban J connectivity index is 1.62. The van der Waals surface area contributed by atoms with Crippen molar-refractivity contribution in [2.75, 3.05) is 44.2 Å². The van der Waals surface area contributed by atoms with Crippen LogP contribution >= 0.6 is 0 Å². The minimum Gasteiger partial charge on any atom is -0.492 e. The maximum absolute atomic E-state index is 12.4. The third-order valence-electron chi connectivity index (χ3n) is 4.15. The normalized spacial score (nSPS) is 21.2. The van der Waals surface area contributed by atoms with E-state index in [2.05, 4.69) is 16.3 Å². The van der Waals surface area contributed by atoms with Crippen LogP contribution in [0.3, 0.4) is 0 Å². The zero-order valence-electron chi connectivity index (χ0n) is 13.0. The van der Waals surface area contributed by atoms with Crippen LogP contribution in [0.1, 0.15) is 6.92 Å². The van der Waals surface area contributed by atoms with Gasteiger partial charge in [0.25, 0.3) is 0 Å². The van der Waals surface area contributed by atoms with E-state index in [0.717, 1.165) is 44.2 Å². The molecule has 5 heteroatoms. The number of piperazine rings is 1. The number of carbonyl (C=O) groups is 1. The summed E-state index contributed by atoms with van der Waals surface area (Å²) in [6, 6.07) is 7.98. The first-order chi connectivity index (χ1) is 10.8. The molecule has 1 saturated heterocycles. The summed E-state index contributed by atoms with van der Waals surface area (Å²) >= 11 is 0. The molecule has 1 fully saturated rings. The van der Waals surface area contributed by atoms with Crippen LogP contribution < -0.4 is 15.0 Å². The molecule has 22 heavy (non-hydrogen) atoms. The van der Waals surface area contributed by atoms with Crippen molar-refractivity contribution in [2.45, 2.75) is 13.0 Å². The fourth-order valence-corrected chi connectivity index (χ4v) is 3.00. The van der Waals surface area contributed by atoms with Gasteiger partial charge >= 0.3 is 0 Å². The number of hydrogen-bond donors (Lipinski definition) is 1. The highest BCUT2D eigenvalue weighted by molar-refractivity contribution is 5.84. The van der Waals surface area contributed by atoms with E-state index in [-0.39, 0.29) is 11.9 Å². The third-order valence-corrected chi connectivity index (χ3v) is 4.15. The standard InChI is InChI=1S/C17H23N3O2/c1-2-22-16-8-4-3-7-15(16)19-10-12-20(13-11-19)17(21)14-6-5-9-18-14/h3-8,14,18H,2,9-13H2,1H3/t14-/m1/s1. The summed E-state index contributed by atoms with van der Waals surface area (Å²) in [7, 11) is 0. The van der Waals surface area contributed by atoms with Crippen molar-refractivity contribution in [3.8, 4) is 5.75 Å². The lowest BCUT2D eigenvalue weighted by Gasteiger charge is -2.37. The van der Waals surface area contributed by atoms with Crippen molar-refractivity contribution >= 4 is 11.6 Å². The molecule has 1 aromatic rings. The first-order valence-electron chi connectivity index (χ1n) is 7.95. The fraction of sp³-hybridized carbons (Fsp3) is 0.471. The van der Waals surface area contributed by atoms with Gasteiger partial charge in [-0.25, -0.2) is 0 Å². The molecule has 3 rings (SSSR count). The van der Waals surface area contributed by atoms with Gasteiger partial charge in [0, 0.05) is 32.7 Å². The average molecular weight is 301 g/mol. The highest BCUT2D eigenvalue weighted by Gasteiger charge is 2.27. The van der Waals surface area contributed by atoms with Crippen LogP contribution in [0.4, 0.5) is 5.69 Å². The monoisotopic (exact) mass is 301 g/mol. The number of hydrogen-bond acceptors (Lipinski definition) is 4. The largest absolute Gasteiger partial charge is 0.492 e. The van der Waals surface area contributed by atoms with Crippen LogP contribution in [0.2, 0.25) is 0 Å². The number of nitrogens with one attached hydrogen (secondary N) is 1. The van der Waals surface area contributed by atoms with Crippen molar-refractivity contribution in [2.24, 2.45) is 0 Å². The molecule has 1 N–H and O–H groups in total. The quantitative estimate of drug-likeness (QED) is 0.851. The Labute approximate surface area is 131 Å². The minimum absolute atomic E-state index is 0.137. The van der Waals surface area contributed by atoms with Gasteiger partial charge in [0.05, 0.1) is 12.3 Å². The molecule has 0 aromatic heterocycles. The molecule has 0 unspecified atom stereocenters. The Morgan fingerprint density at radius 1 is 1.27 bits per heavy atom. The molecule has 1 atom stereocenters. The molecule has 0 aliphatic carbocycles. The molecule has 0 radical (unpaired) electrons. The smallest absolute Gasteiger partial charge is 0.243 e. The Morgan fingerprint density at radius 3 is 2.73 bits per heavy atom. The lowest BCUT2D eigenvalue weighted by atomic mass is 10.2. The highest BCUT2D eigenvalue weighted by Crippen LogP contribution is 2.28. The predicted octanol–water partition coefficient (Wildman–Crippen LogP) is 1.26. The van der Waals surface area contributed by atoms with E-state index < -0.39 is 0 Å². The van der Waals surface area contributed by atoms with Crippen LogP contribution in [0.15, 0.2) is 36.4 Å². The predicted molar refractivity (Wildman–Crippen MR) is 87.3 cm³/mol. The van der Waals surface area contributed by atoms with Crippen molar-refractivity contribution in [1.82, 2.24) is 10.2 Å². The van der Waals surface area contributed by atoms with Gasteiger partial charge in [-0.1, -0.05) is 24.3 Å². The number of anilines is 1. The average Bonchev–Trinajstić information content (AvgIpc) is 3.10. The number of ether oxygens (including phenoxy) is 1. The maximum atomic E-state index is 12.4. The molecule has 0 saturated carbocycles. The van der Waals surface area contributed by atoms with Crippen LogP contribution in [0.25, 0.3) is 0 Å². The topological polar surface area (TPSA) is 44.8 Å². The molecule has 118 valence electrons. The van der Waals surface area contributed by atoms with Crippen LogP contribution in [-0.2, 0) is 4.79 Å². The fourth-order valence-electron chi connectivity index (χ4n) is 3.00. The van der Waals surface area contributed by atoms with Gasteiger partial charge in [-0.15, -0.1) is 0 Å². The second-order valence-electron chi connectivity index (χ2n) is 5.53. The molecule has 1 amide bonds. The number of carbonyl (C=O) groups excluding carboxylic acids is 1. The molecule has 0 spiro atoms. The molecule has 2 heterocycles. The van der Waals surface area contributed by atoms with E-state index in [0.29, 0.717) is 6.61 Å². The number of rotatable bonds is 4. The number of para-hydroxylation sites is 2. The van der Waals surface area contributed by atoms with Gasteiger partial charge in [-0.3, -0.25) is 10.1 Å². The van der Waals surface area contributed by atoms with E-state index >= 15 is 0 Å². The summed E-state index contributed by atoms with van der Waals surface area (Å²) < 4.78 is 5.70. The lowest BCUT2D eigenvalue weighted by molar-refractivity contribution is -0.132. The van der Waals surface area contributed by atoms with Crippen molar-refractivity contribution < 1.29 is 9.53 Å². The minimum atomic E-state index is -0.137. The first kappa shape index (κ1) is 14.9. The Kier molecular flexibility index (Phi) is 4.63. The van der Waals surface area contributed by atoms with Crippen LogP contribution in [0, 0.1) is 0 Å². The summed E-state index contributed by atoms with van der Waals surface area (Å²) in [5, 5.41) is 3.19. The van der Waals surface area contributed by atoms with Crippen molar-refractivity contribution in [1.29, 1.82) is 0 Å². The first-order valence-corrected chi connectivity index (χ1v) is 7.95. The van der Waals surface area contributed by atoms with Crippen LogP contribution in [-0.4, -0.2) is 56.2 Å². The molecular formula is C17H23N3O2. The molecular weight excluding hydrogens is 278 g/mol. The molecule has 2 aliphatic heterocycles. The van der Waals surface area contributed by atoms with E-state index in [1.54, 1.807) is 0 Å². The Bertz CT molecular complexity index is 551. The Morgan fingerprint density at radius 2 is 2.05 bits per heavy atom. The summed E-state index contributed by atoms with van der Waals surface area (Å²) in [5.74, 6) is 1.11. The number of amides is 1. The highest BCUT2D eigenvalue weighted by atomic mass is 16.5. The zero-order chi connectivity index (χ0) is 15.4.